The van der Waals surface area contributed by atoms with Crippen molar-refractivity contribution < 1.29 is 19.0 Å². The van der Waals surface area contributed by atoms with Crippen LogP contribution in [0.25, 0.3) is 0 Å². The summed E-state index contributed by atoms with van der Waals surface area (Å²) in [4.78, 5) is 17.2. The molecule has 0 aliphatic carbocycles. The fraction of sp³-hybridized carbons (Fsp3) is 0.217. The molecule has 32 heavy (non-hydrogen) atoms. The molecule has 2 N–H and O–H groups in total. The number of nitriles is 2. The molecule has 8 nitrogen and oxygen atoms in total. The maximum absolute atomic E-state index is 12.8. The molecule has 2 aromatic rings. The number of aromatic nitrogens is 1. The Morgan fingerprint density at radius 3 is 2.50 bits per heavy atom. The Morgan fingerprint density at radius 1 is 1.19 bits per heavy atom. The van der Waals surface area contributed by atoms with Crippen molar-refractivity contribution >= 4 is 17.7 Å². The summed E-state index contributed by atoms with van der Waals surface area (Å²) in [6, 6.07) is 14.6. The highest BCUT2D eigenvalue weighted by Crippen LogP contribution is 2.41. The molecule has 1 atom stereocenters. The minimum Gasteiger partial charge on any atom is -0.497 e. The molecule has 2 heterocycles. The summed E-state index contributed by atoms with van der Waals surface area (Å²) < 4.78 is 15.9. The van der Waals surface area contributed by atoms with Crippen molar-refractivity contribution in [3.63, 3.8) is 0 Å². The lowest BCUT2D eigenvalue weighted by molar-refractivity contribution is -0.136. The van der Waals surface area contributed by atoms with Gasteiger partial charge in [-0.15, -0.1) is 0 Å². The zero-order chi connectivity index (χ0) is 23.3. The first-order chi connectivity index (χ1) is 15.4. The van der Waals surface area contributed by atoms with Crippen LogP contribution in [0.15, 0.2) is 64.2 Å². The summed E-state index contributed by atoms with van der Waals surface area (Å²) in [5.41, 5.74) is 8.15. The van der Waals surface area contributed by atoms with Gasteiger partial charge in [0, 0.05) is 5.69 Å². The standard InChI is InChI=1S/C23H20N4O4S/c1-13-4-5-15(10-24)22(27-13)32-12-18-20(23(28)30-3)19(17(11-25)21(26)31-18)14-6-8-16(29-2)9-7-14/h4-9,19H,12,26H2,1-3H3. The lowest BCUT2D eigenvalue weighted by Crippen LogP contribution is -2.26. The predicted molar refractivity (Wildman–Crippen MR) is 117 cm³/mol. The number of rotatable bonds is 6. The van der Waals surface area contributed by atoms with Crippen molar-refractivity contribution in [2.45, 2.75) is 17.9 Å². The highest BCUT2D eigenvalue weighted by atomic mass is 32.2. The second-order valence-electron chi connectivity index (χ2n) is 6.73. The molecule has 9 heteroatoms. The highest BCUT2D eigenvalue weighted by Gasteiger charge is 2.37. The number of hydrogen-bond donors (Lipinski definition) is 1. The van der Waals surface area contributed by atoms with E-state index in [1.165, 1.54) is 18.9 Å². The zero-order valence-corrected chi connectivity index (χ0v) is 18.5. The molecule has 1 unspecified atom stereocenters. The average Bonchev–Trinajstić information content (AvgIpc) is 2.81. The number of esters is 1. The van der Waals surface area contributed by atoms with Crippen LogP contribution in [0, 0.1) is 29.6 Å². The second-order valence-corrected chi connectivity index (χ2v) is 7.70. The number of aryl methyl sites for hydroxylation is 1. The Labute approximate surface area is 189 Å². The Balaban J connectivity index is 2.08. The predicted octanol–water partition coefficient (Wildman–Crippen LogP) is 3.30. The minimum absolute atomic E-state index is 0.0886. The van der Waals surface area contributed by atoms with Crippen molar-refractivity contribution in [1.29, 1.82) is 10.5 Å². The number of benzene rings is 1. The molecule has 1 aromatic carbocycles. The first kappa shape index (κ1) is 22.7. The Hall–Kier alpha value is -3.95. The summed E-state index contributed by atoms with van der Waals surface area (Å²) in [7, 11) is 2.81. The molecule has 0 saturated carbocycles. The maximum atomic E-state index is 12.8. The third-order valence-corrected chi connectivity index (χ3v) is 5.80. The van der Waals surface area contributed by atoms with Crippen LogP contribution >= 0.6 is 11.8 Å². The Bertz CT molecular complexity index is 1190. The number of nitrogens with zero attached hydrogens (tertiary/aromatic N) is 3. The van der Waals surface area contributed by atoms with Crippen LogP contribution in [0.3, 0.4) is 0 Å². The SMILES string of the molecule is COC(=O)C1=C(CSc2nc(C)ccc2C#N)OC(N)=C(C#N)C1c1ccc(OC)cc1. The van der Waals surface area contributed by atoms with E-state index < -0.39 is 11.9 Å². The number of ether oxygens (including phenoxy) is 3. The van der Waals surface area contributed by atoms with Crippen molar-refractivity contribution in [2.24, 2.45) is 5.73 Å². The molecule has 162 valence electrons. The van der Waals surface area contributed by atoms with Crippen LogP contribution < -0.4 is 10.5 Å². The van der Waals surface area contributed by atoms with Crippen LogP contribution in [-0.2, 0) is 14.3 Å². The highest BCUT2D eigenvalue weighted by molar-refractivity contribution is 7.99. The van der Waals surface area contributed by atoms with E-state index in [0.717, 1.165) is 5.69 Å². The number of thioether (sulfide) groups is 1. The van der Waals surface area contributed by atoms with Crippen molar-refractivity contribution in [2.75, 3.05) is 20.0 Å². The molecule has 3 rings (SSSR count). The van der Waals surface area contributed by atoms with Crippen LogP contribution in [-0.4, -0.2) is 30.9 Å². The van der Waals surface area contributed by atoms with Crippen molar-refractivity contribution in [1.82, 2.24) is 4.98 Å². The van der Waals surface area contributed by atoms with Gasteiger partial charge in [-0.1, -0.05) is 23.9 Å². The quantitative estimate of drug-likeness (QED) is 0.522. The van der Waals surface area contributed by atoms with Crippen LogP contribution in [0.1, 0.15) is 22.7 Å². The van der Waals surface area contributed by atoms with Crippen LogP contribution in [0.5, 0.6) is 5.75 Å². The summed E-state index contributed by atoms with van der Waals surface area (Å²) in [5.74, 6) is -0.476. The van der Waals surface area contributed by atoms with Gasteiger partial charge in [0.1, 0.15) is 34.2 Å². The smallest absolute Gasteiger partial charge is 0.338 e. The largest absolute Gasteiger partial charge is 0.497 e. The molecule has 0 amide bonds. The number of hydrogen-bond acceptors (Lipinski definition) is 9. The number of carbonyl (C=O) groups is 1. The molecular formula is C23H20N4O4S. The van der Waals surface area contributed by atoms with Gasteiger partial charge < -0.3 is 19.9 Å². The lowest BCUT2D eigenvalue weighted by Gasteiger charge is -2.28. The Morgan fingerprint density at radius 2 is 1.91 bits per heavy atom. The molecular weight excluding hydrogens is 428 g/mol. The van der Waals surface area contributed by atoms with Gasteiger partial charge >= 0.3 is 5.97 Å². The van der Waals surface area contributed by atoms with E-state index in [1.807, 2.05) is 6.92 Å². The molecule has 1 aliphatic rings. The fourth-order valence-electron chi connectivity index (χ4n) is 3.25. The third-order valence-electron chi connectivity index (χ3n) is 4.81. The van der Waals surface area contributed by atoms with Crippen LogP contribution in [0.2, 0.25) is 0 Å². The topological polar surface area (TPSA) is 131 Å². The molecule has 0 bridgehead atoms. The van der Waals surface area contributed by atoms with Crippen LogP contribution in [0.4, 0.5) is 0 Å². The first-order valence-electron chi connectivity index (χ1n) is 9.46. The zero-order valence-electron chi connectivity index (χ0n) is 17.7. The summed E-state index contributed by atoms with van der Waals surface area (Å²) in [6.45, 7) is 1.82. The van der Waals surface area contributed by atoms with Gasteiger partial charge in [0.05, 0.1) is 37.0 Å². The van der Waals surface area contributed by atoms with Gasteiger partial charge in [-0.3, -0.25) is 0 Å². The molecule has 0 radical (unpaired) electrons. The summed E-state index contributed by atoms with van der Waals surface area (Å²) in [5, 5.41) is 19.6. The number of pyridine rings is 1. The molecule has 1 aromatic heterocycles. The third kappa shape index (κ3) is 4.53. The minimum atomic E-state index is -0.774. The second kappa shape index (κ2) is 9.90. The molecule has 0 spiro atoms. The number of nitrogens with two attached hydrogens (primary N) is 1. The first-order valence-corrected chi connectivity index (χ1v) is 10.5. The monoisotopic (exact) mass is 448 g/mol. The fourth-order valence-corrected chi connectivity index (χ4v) is 4.21. The van der Waals surface area contributed by atoms with Gasteiger partial charge in [-0.05, 0) is 36.8 Å². The van der Waals surface area contributed by atoms with Gasteiger partial charge in [-0.2, -0.15) is 10.5 Å². The van der Waals surface area contributed by atoms with E-state index in [0.29, 0.717) is 21.9 Å². The number of allylic oxidation sites excluding steroid dienone is 1. The van der Waals surface area contributed by atoms with Crippen molar-refractivity contribution in [3.8, 4) is 17.9 Å². The van der Waals surface area contributed by atoms with Gasteiger partial charge in [0.2, 0.25) is 5.88 Å². The van der Waals surface area contributed by atoms with E-state index >= 15 is 0 Å². The number of methoxy groups -OCH3 is 2. The van der Waals surface area contributed by atoms with E-state index in [9.17, 15) is 15.3 Å². The molecule has 0 saturated heterocycles. The summed E-state index contributed by atoms with van der Waals surface area (Å²) in [6.07, 6.45) is 0. The maximum Gasteiger partial charge on any atom is 0.338 e. The summed E-state index contributed by atoms with van der Waals surface area (Å²) >= 11 is 1.23. The Kier molecular flexibility index (Phi) is 7.04. The average molecular weight is 449 g/mol. The van der Waals surface area contributed by atoms with Gasteiger partial charge in [0.15, 0.2) is 0 Å². The molecule has 0 fully saturated rings. The van der Waals surface area contributed by atoms with Gasteiger partial charge in [-0.25, -0.2) is 9.78 Å². The molecule has 1 aliphatic heterocycles. The number of carbonyl (C=O) groups excluding carboxylic acids is 1. The lowest BCUT2D eigenvalue weighted by atomic mass is 9.83. The van der Waals surface area contributed by atoms with E-state index in [2.05, 4.69) is 17.1 Å². The van der Waals surface area contributed by atoms with E-state index in [1.54, 1.807) is 43.5 Å². The van der Waals surface area contributed by atoms with E-state index in [4.69, 9.17) is 19.9 Å². The van der Waals surface area contributed by atoms with Crippen molar-refractivity contribution in [3.05, 3.63) is 76.0 Å². The van der Waals surface area contributed by atoms with Gasteiger partial charge in [0.25, 0.3) is 0 Å². The normalized spacial score (nSPS) is 15.5. The van der Waals surface area contributed by atoms with E-state index in [-0.39, 0.29) is 28.5 Å².